The van der Waals surface area contributed by atoms with Crippen molar-refractivity contribution in [2.24, 2.45) is 29.4 Å². The van der Waals surface area contributed by atoms with Crippen LogP contribution in [0.5, 0.6) is 0 Å². The standard InChI is InChI=1S/C16H33N/c1-5-13(3)16-9-7-6-8-15(16)11-12(2)10-14(4)17/h12-16H,5-11,17H2,1-4H3. The van der Waals surface area contributed by atoms with Crippen molar-refractivity contribution < 1.29 is 0 Å². The second kappa shape index (κ2) is 7.41. The molecule has 5 atom stereocenters. The summed E-state index contributed by atoms with van der Waals surface area (Å²) in [6.07, 6.45) is 9.83. The Hall–Kier alpha value is -0.0400. The highest BCUT2D eigenvalue weighted by molar-refractivity contribution is 4.80. The zero-order chi connectivity index (χ0) is 12.8. The molecule has 1 saturated carbocycles. The molecule has 0 spiro atoms. The molecule has 0 bridgehead atoms. The number of hydrogen-bond donors (Lipinski definition) is 1. The molecule has 1 nitrogen and oxygen atoms in total. The molecule has 1 rings (SSSR count). The molecule has 0 aromatic heterocycles. The first-order chi connectivity index (χ1) is 8.04. The Morgan fingerprint density at radius 2 is 1.76 bits per heavy atom. The summed E-state index contributed by atoms with van der Waals surface area (Å²) in [6, 6.07) is 0.371. The first-order valence-electron chi connectivity index (χ1n) is 7.80. The van der Waals surface area contributed by atoms with E-state index < -0.39 is 0 Å². The highest BCUT2D eigenvalue weighted by atomic mass is 14.6. The van der Waals surface area contributed by atoms with Crippen LogP contribution in [0, 0.1) is 23.7 Å². The third-order valence-corrected chi connectivity index (χ3v) is 4.82. The van der Waals surface area contributed by atoms with Gasteiger partial charge in [0, 0.05) is 6.04 Å². The minimum absolute atomic E-state index is 0.371. The molecule has 0 aromatic carbocycles. The van der Waals surface area contributed by atoms with Crippen LogP contribution in [0.4, 0.5) is 0 Å². The lowest BCUT2D eigenvalue weighted by Crippen LogP contribution is -2.28. The molecule has 1 aliphatic carbocycles. The third-order valence-electron chi connectivity index (χ3n) is 4.82. The van der Waals surface area contributed by atoms with Gasteiger partial charge in [-0.1, -0.05) is 46.5 Å². The summed E-state index contributed by atoms with van der Waals surface area (Å²) in [6.45, 7) is 9.34. The van der Waals surface area contributed by atoms with E-state index in [0.29, 0.717) is 6.04 Å². The van der Waals surface area contributed by atoms with Crippen LogP contribution in [0.15, 0.2) is 0 Å². The minimum atomic E-state index is 0.371. The van der Waals surface area contributed by atoms with Gasteiger partial charge in [-0.3, -0.25) is 0 Å². The van der Waals surface area contributed by atoms with Gasteiger partial charge >= 0.3 is 0 Å². The van der Waals surface area contributed by atoms with E-state index in [0.717, 1.165) is 23.7 Å². The van der Waals surface area contributed by atoms with E-state index in [-0.39, 0.29) is 0 Å². The predicted octanol–water partition coefficient (Wildman–Crippen LogP) is 4.60. The second-order valence-corrected chi connectivity index (χ2v) is 6.65. The van der Waals surface area contributed by atoms with E-state index in [1.54, 1.807) is 0 Å². The molecule has 1 fully saturated rings. The normalized spacial score (nSPS) is 30.9. The molecule has 0 aliphatic heterocycles. The molecule has 0 radical (unpaired) electrons. The predicted molar refractivity (Wildman–Crippen MR) is 77.0 cm³/mol. The number of nitrogens with two attached hydrogens (primary N) is 1. The Labute approximate surface area is 109 Å². The highest BCUT2D eigenvalue weighted by Gasteiger charge is 2.29. The lowest BCUT2D eigenvalue weighted by atomic mass is 9.69. The van der Waals surface area contributed by atoms with Gasteiger partial charge in [-0.25, -0.2) is 0 Å². The average molecular weight is 239 g/mol. The van der Waals surface area contributed by atoms with E-state index in [2.05, 4.69) is 27.7 Å². The fraction of sp³-hybridized carbons (Fsp3) is 1.00. The van der Waals surface area contributed by atoms with Crippen LogP contribution in [0.25, 0.3) is 0 Å². The van der Waals surface area contributed by atoms with Crippen molar-refractivity contribution in [1.82, 2.24) is 0 Å². The van der Waals surface area contributed by atoms with E-state index >= 15 is 0 Å². The van der Waals surface area contributed by atoms with Crippen LogP contribution in [-0.2, 0) is 0 Å². The summed E-state index contributed by atoms with van der Waals surface area (Å²) in [5, 5.41) is 0. The second-order valence-electron chi connectivity index (χ2n) is 6.65. The Kier molecular flexibility index (Phi) is 6.54. The van der Waals surface area contributed by atoms with Gasteiger partial charge < -0.3 is 5.73 Å². The van der Waals surface area contributed by atoms with Gasteiger partial charge in [0.25, 0.3) is 0 Å². The first-order valence-corrected chi connectivity index (χ1v) is 7.80. The molecule has 0 heterocycles. The molecule has 0 saturated heterocycles. The molecule has 5 unspecified atom stereocenters. The van der Waals surface area contributed by atoms with E-state index in [9.17, 15) is 0 Å². The minimum Gasteiger partial charge on any atom is -0.328 e. The van der Waals surface area contributed by atoms with E-state index in [1.807, 2.05) is 0 Å². The van der Waals surface area contributed by atoms with Crippen molar-refractivity contribution in [2.45, 2.75) is 78.7 Å². The quantitative estimate of drug-likeness (QED) is 0.720. The van der Waals surface area contributed by atoms with Gasteiger partial charge in [-0.15, -0.1) is 0 Å². The van der Waals surface area contributed by atoms with E-state index in [1.165, 1.54) is 44.9 Å². The van der Waals surface area contributed by atoms with Crippen LogP contribution in [-0.4, -0.2) is 6.04 Å². The molecule has 102 valence electrons. The Morgan fingerprint density at radius 3 is 2.35 bits per heavy atom. The van der Waals surface area contributed by atoms with Crippen molar-refractivity contribution in [3.63, 3.8) is 0 Å². The van der Waals surface area contributed by atoms with E-state index in [4.69, 9.17) is 5.73 Å². The zero-order valence-corrected chi connectivity index (χ0v) is 12.4. The monoisotopic (exact) mass is 239 g/mol. The maximum Gasteiger partial charge on any atom is 0.00130 e. The summed E-state index contributed by atoms with van der Waals surface area (Å²) in [5.41, 5.74) is 5.92. The molecular formula is C16H33N. The maximum atomic E-state index is 5.92. The maximum absolute atomic E-state index is 5.92. The van der Waals surface area contributed by atoms with Gasteiger partial charge in [-0.05, 0) is 49.9 Å². The number of hydrogen-bond acceptors (Lipinski definition) is 1. The van der Waals surface area contributed by atoms with Crippen LogP contribution in [0.2, 0.25) is 0 Å². The summed E-state index contributed by atoms with van der Waals surface area (Å²) in [5.74, 6) is 3.70. The van der Waals surface area contributed by atoms with Crippen molar-refractivity contribution in [3.8, 4) is 0 Å². The molecule has 0 aromatic rings. The summed E-state index contributed by atoms with van der Waals surface area (Å²) in [7, 11) is 0. The Balaban J connectivity index is 2.47. The topological polar surface area (TPSA) is 26.0 Å². The first kappa shape index (κ1) is 15.0. The molecule has 1 aliphatic rings. The lowest BCUT2D eigenvalue weighted by Gasteiger charge is -2.37. The molecule has 2 N–H and O–H groups in total. The molecular weight excluding hydrogens is 206 g/mol. The van der Waals surface area contributed by atoms with Crippen molar-refractivity contribution in [1.29, 1.82) is 0 Å². The Bertz CT molecular complexity index is 200. The van der Waals surface area contributed by atoms with Crippen LogP contribution in [0.1, 0.15) is 72.6 Å². The summed E-state index contributed by atoms with van der Waals surface area (Å²) < 4.78 is 0. The van der Waals surface area contributed by atoms with Crippen LogP contribution < -0.4 is 5.73 Å². The van der Waals surface area contributed by atoms with Crippen molar-refractivity contribution >= 4 is 0 Å². The van der Waals surface area contributed by atoms with Gasteiger partial charge in [0.2, 0.25) is 0 Å². The van der Waals surface area contributed by atoms with Crippen molar-refractivity contribution in [2.75, 3.05) is 0 Å². The summed E-state index contributed by atoms with van der Waals surface area (Å²) >= 11 is 0. The fourth-order valence-corrected chi connectivity index (χ4v) is 3.83. The van der Waals surface area contributed by atoms with Gasteiger partial charge in [-0.2, -0.15) is 0 Å². The Morgan fingerprint density at radius 1 is 1.12 bits per heavy atom. The smallest absolute Gasteiger partial charge is 0.00130 e. The molecule has 0 amide bonds. The largest absolute Gasteiger partial charge is 0.328 e. The van der Waals surface area contributed by atoms with Crippen LogP contribution in [0.3, 0.4) is 0 Å². The van der Waals surface area contributed by atoms with Crippen LogP contribution >= 0.6 is 0 Å². The van der Waals surface area contributed by atoms with Gasteiger partial charge in [0.15, 0.2) is 0 Å². The lowest BCUT2D eigenvalue weighted by molar-refractivity contribution is 0.139. The summed E-state index contributed by atoms with van der Waals surface area (Å²) in [4.78, 5) is 0. The third kappa shape index (κ3) is 4.99. The SMILES string of the molecule is CCC(C)C1CCCCC1CC(C)CC(C)N. The van der Waals surface area contributed by atoms with Gasteiger partial charge in [0.05, 0.1) is 0 Å². The molecule has 1 heteroatoms. The highest BCUT2D eigenvalue weighted by Crippen LogP contribution is 2.40. The van der Waals surface area contributed by atoms with Crippen molar-refractivity contribution in [3.05, 3.63) is 0 Å². The fourth-order valence-electron chi connectivity index (χ4n) is 3.83. The number of rotatable bonds is 6. The average Bonchev–Trinajstić information content (AvgIpc) is 2.27. The molecule has 17 heavy (non-hydrogen) atoms. The zero-order valence-electron chi connectivity index (χ0n) is 12.4. The van der Waals surface area contributed by atoms with Gasteiger partial charge in [0.1, 0.15) is 0 Å².